The fraction of sp³-hybridized carbons (Fsp3) is 0.326. The van der Waals surface area contributed by atoms with Gasteiger partial charge < -0.3 is 19.2 Å². The Morgan fingerprint density at radius 2 is 1.47 bits per heavy atom. The minimum absolute atomic E-state index is 0.103. The Morgan fingerprint density at radius 1 is 0.897 bits per heavy atom. The molecule has 0 amide bonds. The van der Waals surface area contributed by atoms with Crippen LogP contribution in [0.5, 0.6) is 0 Å². The third kappa shape index (κ3) is 8.39. The van der Waals surface area contributed by atoms with Gasteiger partial charge in [0.15, 0.2) is 0 Å². The number of nitrogens with zero attached hydrogens (tertiary/aromatic N) is 2. The largest absolute Gasteiger partial charge is 0.480 e. The van der Waals surface area contributed by atoms with Gasteiger partial charge in [0.2, 0.25) is 10.0 Å². The molecular formula is C46H52ClFN2O6SSi. The molecule has 3 unspecified atom stereocenters. The van der Waals surface area contributed by atoms with Gasteiger partial charge in [0.1, 0.15) is 16.8 Å². The molecule has 12 heteroatoms. The maximum Gasteiger partial charge on any atom is 0.322 e. The summed E-state index contributed by atoms with van der Waals surface area (Å²) in [6.07, 6.45) is -0.769. The molecule has 306 valence electrons. The van der Waals surface area contributed by atoms with Crippen molar-refractivity contribution < 1.29 is 31.9 Å². The number of halogens is 2. The maximum absolute atomic E-state index is 15.7. The molecule has 5 aromatic carbocycles. The first-order valence-electron chi connectivity index (χ1n) is 19.5. The lowest BCUT2D eigenvalue weighted by molar-refractivity contribution is -0.142. The Labute approximate surface area is 348 Å². The Morgan fingerprint density at radius 3 is 2.02 bits per heavy atom. The van der Waals surface area contributed by atoms with Crippen molar-refractivity contribution in [2.75, 3.05) is 24.7 Å². The third-order valence-corrected chi connectivity index (χ3v) is 18.6. The molecule has 0 aromatic heterocycles. The van der Waals surface area contributed by atoms with E-state index in [1.165, 1.54) is 6.07 Å². The number of aliphatic carboxylic acids is 1. The molecule has 6 rings (SSSR count). The molecule has 58 heavy (non-hydrogen) atoms. The van der Waals surface area contributed by atoms with E-state index in [-0.39, 0.29) is 47.5 Å². The molecule has 1 heterocycles. The average Bonchev–Trinajstić information content (AvgIpc) is 3.19. The molecule has 0 saturated heterocycles. The predicted octanol–water partition coefficient (Wildman–Crippen LogP) is 8.98. The number of sulfonamides is 1. The van der Waals surface area contributed by atoms with Gasteiger partial charge in [-0.15, -0.1) is 0 Å². The third-order valence-electron chi connectivity index (χ3n) is 11.4. The summed E-state index contributed by atoms with van der Waals surface area (Å²) < 4.78 is 60.4. The summed E-state index contributed by atoms with van der Waals surface area (Å²) in [4.78, 5) is 15.1. The monoisotopic (exact) mass is 842 g/mol. The number of rotatable bonds is 14. The summed E-state index contributed by atoms with van der Waals surface area (Å²) in [6, 6.07) is 34.3. The number of anilines is 1. The van der Waals surface area contributed by atoms with Crippen LogP contribution < -0.4 is 15.3 Å². The van der Waals surface area contributed by atoms with E-state index in [0.29, 0.717) is 16.3 Å². The highest BCUT2D eigenvalue weighted by Crippen LogP contribution is 2.44. The summed E-state index contributed by atoms with van der Waals surface area (Å²) in [6.45, 7) is 13.6. The van der Waals surface area contributed by atoms with Gasteiger partial charge in [-0.2, -0.15) is 4.31 Å². The molecule has 5 aromatic rings. The highest BCUT2D eigenvalue weighted by Gasteiger charge is 2.51. The minimum atomic E-state index is -4.57. The first-order chi connectivity index (χ1) is 27.5. The normalized spacial score (nSPS) is 16.1. The Bertz CT molecular complexity index is 2310. The average molecular weight is 844 g/mol. The highest BCUT2D eigenvalue weighted by atomic mass is 35.5. The van der Waals surface area contributed by atoms with Crippen molar-refractivity contribution in [2.24, 2.45) is 0 Å². The first kappa shape index (κ1) is 43.2. The van der Waals surface area contributed by atoms with Crippen LogP contribution in [0.1, 0.15) is 74.5 Å². The van der Waals surface area contributed by atoms with Gasteiger partial charge in [-0.05, 0) is 76.6 Å². The van der Waals surface area contributed by atoms with E-state index < -0.39 is 48.2 Å². The van der Waals surface area contributed by atoms with Crippen LogP contribution in [0, 0.1) is 19.7 Å². The second-order valence-corrected chi connectivity index (χ2v) is 22.6. The molecule has 1 aliphatic rings. The van der Waals surface area contributed by atoms with E-state index >= 15 is 12.8 Å². The minimum Gasteiger partial charge on any atom is -0.480 e. The molecule has 3 atom stereocenters. The van der Waals surface area contributed by atoms with Gasteiger partial charge in [0.05, 0.1) is 31.7 Å². The van der Waals surface area contributed by atoms with Gasteiger partial charge in [-0.3, -0.25) is 4.79 Å². The molecular weight excluding hydrogens is 791 g/mol. The van der Waals surface area contributed by atoms with E-state index in [1.54, 1.807) is 39.0 Å². The first-order valence-corrected chi connectivity index (χ1v) is 23.2. The second kappa shape index (κ2) is 17.5. The van der Waals surface area contributed by atoms with E-state index in [1.807, 2.05) is 78.6 Å². The van der Waals surface area contributed by atoms with Crippen molar-refractivity contribution >= 4 is 52.0 Å². The molecule has 0 aliphatic carbocycles. The molecule has 0 bridgehead atoms. The number of carbonyl (C=O) groups is 1. The fourth-order valence-corrected chi connectivity index (χ4v) is 15.2. The van der Waals surface area contributed by atoms with Crippen molar-refractivity contribution in [1.82, 2.24) is 4.31 Å². The van der Waals surface area contributed by atoms with Crippen LogP contribution in [0.2, 0.25) is 10.1 Å². The van der Waals surface area contributed by atoms with Crippen LogP contribution in [0.3, 0.4) is 0 Å². The molecule has 0 fully saturated rings. The molecule has 0 saturated carbocycles. The molecule has 1 aliphatic heterocycles. The summed E-state index contributed by atoms with van der Waals surface area (Å²) in [5, 5.41) is 13.1. The molecule has 1 N–H and O–H groups in total. The number of fused-ring (bicyclic) bond motifs is 1. The van der Waals surface area contributed by atoms with Crippen molar-refractivity contribution in [3.63, 3.8) is 0 Å². The number of hydrogen-bond acceptors (Lipinski definition) is 6. The van der Waals surface area contributed by atoms with Gasteiger partial charge >= 0.3 is 5.97 Å². The smallest absolute Gasteiger partial charge is 0.322 e. The predicted molar refractivity (Wildman–Crippen MR) is 232 cm³/mol. The Kier molecular flexibility index (Phi) is 13.0. The van der Waals surface area contributed by atoms with Crippen molar-refractivity contribution in [3.05, 3.63) is 154 Å². The van der Waals surface area contributed by atoms with Crippen molar-refractivity contribution in [3.8, 4) is 0 Å². The number of benzene rings is 5. The standard InChI is InChI=1S/C46H52ClFN2O6SSi/c1-31-23-24-40(48)42(32(31)2)33(3)43(45(51)52)50-30-49(25-26-56-58(46(5,6)7,37-19-13-9-14-20-37)38-21-15-10-16-22-38)41-28-36(47)27-39(44(41)57(50,53)54)34(4)55-29-35-17-11-8-12-18-35/h8-24,27-28,33-34,43H,25-26,29-30H2,1-7H3,(H,51,52). The van der Waals surface area contributed by atoms with Gasteiger partial charge in [-0.25, -0.2) is 12.8 Å². The van der Waals surface area contributed by atoms with E-state index in [0.717, 1.165) is 25.8 Å². The summed E-state index contributed by atoms with van der Waals surface area (Å²) in [5.41, 5.74) is 2.99. The lowest BCUT2D eigenvalue weighted by Crippen LogP contribution is -2.67. The van der Waals surface area contributed by atoms with E-state index in [4.69, 9.17) is 20.8 Å². The van der Waals surface area contributed by atoms with Crippen molar-refractivity contribution in [1.29, 1.82) is 0 Å². The Balaban J connectivity index is 1.47. The highest BCUT2D eigenvalue weighted by molar-refractivity contribution is 7.89. The zero-order valence-electron chi connectivity index (χ0n) is 34.1. The zero-order chi connectivity index (χ0) is 42.0. The van der Waals surface area contributed by atoms with Crippen LogP contribution in [0.25, 0.3) is 0 Å². The number of hydrogen-bond donors (Lipinski definition) is 1. The number of carboxylic acid groups (broad SMARTS) is 1. The van der Waals surface area contributed by atoms with Gasteiger partial charge in [0.25, 0.3) is 8.32 Å². The topological polar surface area (TPSA) is 96.4 Å². The lowest BCUT2D eigenvalue weighted by Gasteiger charge is -2.45. The fourth-order valence-electron chi connectivity index (χ4n) is 8.35. The van der Waals surface area contributed by atoms with Gasteiger partial charge in [-0.1, -0.05) is 136 Å². The number of aryl methyl sites for hydroxylation is 1. The lowest BCUT2D eigenvalue weighted by atomic mass is 9.87. The number of carboxylic acids is 1. The second-order valence-electron chi connectivity index (χ2n) is 16.1. The summed E-state index contributed by atoms with van der Waals surface area (Å²) >= 11 is 6.81. The van der Waals surface area contributed by atoms with Crippen LogP contribution in [-0.2, 0) is 30.6 Å². The quantitative estimate of drug-likeness (QED) is 0.112. The van der Waals surface area contributed by atoms with Crippen LogP contribution in [0.4, 0.5) is 10.1 Å². The van der Waals surface area contributed by atoms with E-state index in [9.17, 15) is 9.90 Å². The maximum atomic E-state index is 15.7. The molecule has 8 nitrogen and oxygen atoms in total. The SMILES string of the molecule is Cc1ccc(F)c(C(C)C(C(=O)O)N2CN(CCO[Si](c3ccccc3)(c3ccccc3)C(C)(C)C)c3cc(Cl)cc(C(C)OCc4ccccc4)c3S2(=O)=O)c1C. The molecule has 0 radical (unpaired) electrons. The Hall–Kier alpha value is -4.36. The molecule has 0 spiro atoms. The number of ether oxygens (including phenoxy) is 1. The van der Waals surface area contributed by atoms with E-state index in [2.05, 4.69) is 45.0 Å². The zero-order valence-corrected chi connectivity index (χ0v) is 36.6. The van der Waals surface area contributed by atoms with Gasteiger partial charge in [0, 0.05) is 23.0 Å². The van der Waals surface area contributed by atoms with Crippen LogP contribution in [-0.4, -0.2) is 58.0 Å². The van der Waals surface area contributed by atoms with Crippen LogP contribution >= 0.6 is 11.6 Å². The van der Waals surface area contributed by atoms with Crippen LogP contribution in [0.15, 0.2) is 120 Å². The van der Waals surface area contributed by atoms with Crippen molar-refractivity contribution in [2.45, 2.75) is 83.1 Å². The summed E-state index contributed by atoms with van der Waals surface area (Å²) in [7, 11) is -7.58. The summed E-state index contributed by atoms with van der Waals surface area (Å²) in [5.74, 6) is -3.05.